The quantitative estimate of drug-likeness (QED) is 0.847. The highest BCUT2D eigenvalue weighted by molar-refractivity contribution is 5.84. The third-order valence-corrected chi connectivity index (χ3v) is 5.40. The topological polar surface area (TPSA) is 96.3 Å². The van der Waals surface area contributed by atoms with Crippen molar-refractivity contribution in [3.63, 3.8) is 0 Å². The molecule has 1 saturated heterocycles. The summed E-state index contributed by atoms with van der Waals surface area (Å²) >= 11 is 0. The number of nitrogens with zero attached hydrogens (tertiary/aromatic N) is 1. The zero-order valence-electron chi connectivity index (χ0n) is 13.8. The normalized spacial score (nSPS) is 26.8. The van der Waals surface area contributed by atoms with Gasteiger partial charge in [0.1, 0.15) is 13.2 Å². The summed E-state index contributed by atoms with van der Waals surface area (Å²) in [6.07, 6.45) is 0.948. The second kappa shape index (κ2) is 5.91. The number of hydrogen-bond donors (Lipinski definition) is 2. The van der Waals surface area contributed by atoms with Crippen LogP contribution in [0.1, 0.15) is 30.7 Å². The fourth-order valence-corrected chi connectivity index (χ4v) is 3.67. The van der Waals surface area contributed by atoms with E-state index >= 15 is 0 Å². The highest BCUT2D eigenvalue weighted by Gasteiger charge is 2.48. The Balaban J connectivity index is 1.39. The van der Waals surface area contributed by atoms with E-state index in [9.17, 15) is 14.7 Å². The van der Waals surface area contributed by atoms with Gasteiger partial charge in [-0.1, -0.05) is 6.07 Å². The Labute approximate surface area is 145 Å². The molecule has 3 aliphatic rings. The average molecular weight is 347 g/mol. The van der Waals surface area contributed by atoms with Crippen molar-refractivity contribution in [2.45, 2.75) is 30.8 Å². The number of aliphatic carboxylic acids is 1. The number of carboxylic acid groups (broad SMARTS) is 1. The highest BCUT2D eigenvalue weighted by atomic mass is 16.6. The van der Waals surface area contributed by atoms with Gasteiger partial charge >= 0.3 is 5.97 Å². The number of carbonyl (C=O) groups is 2. The van der Waals surface area contributed by atoms with Gasteiger partial charge in [-0.15, -0.1) is 0 Å². The van der Waals surface area contributed by atoms with Crippen molar-refractivity contribution < 1.29 is 29.3 Å². The van der Waals surface area contributed by atoms with Crippen molar-refractivity contribution in [2.24, 2.45) is 5.92 Å². The van der Waals surface area contributed by atoms with Crippen LogP contribution in [0.4, 0.5) is 0 Å². The Kier molecular flexibility index (Phi) is 3.83. The molecule has 1 aromatic carbocycles. The summed E-state index contributed by atoms with van der Waals surface area (Å²) < 4.78 is 11.1. The Morgan fingerprint density at radius 2 is 1.80 bits per heavy atom. The lowest BCUT2D eigenvalue weighted by Gasteiger charge is -2.35. The van der Waals surface area contributed by atoms with Crippen LogP contribution in [-0.4, -0.2) is 58.9 Å². The van der Waals surface area contributed by atoms with Gasteiger partial charge in [0, 0.05) is 31.8 Å². The smallest absolute Gasteiger partial charge is 0.335 e. The first-order valence-electron chi connectivity index (χ1n) is 8.62. The minimum atomic E-state index is -1.70. The zero-order chi connectivity index (χ0) is 17.6. The Morgan fingerprint density at radius 1 is 1.12 bits per heavy atom. The van der Waals surface area contributed by atoms with Crippen LogP contribution in [0, 0.1) is 5.92 Å². The predicted molar refractivity (Wildman–Crippen MR) is 86.7 cm³/mol. The molecule has 134 valence electrons. The fraction of sp³-hybridized carbons (Fsp3) is 0.556. The number of carboxylic acids is 1. The standard InChI is InChI=1S/C18H21NO6/c20-16(19-5-3-18(23,4-6-19)17(21)22)13-10-12(13)11-1-2-14-15(9-11)25-8-7-24-14/h1-2,9,12-13,23H,3-8,10H2,(H,21,22)/t12-,13+/m1/s1. The molecule has 1 amide bonds. The lowest BCUT2D eigenvalue weighted by atomic mass is 9.91. The second-order valence-corrected chi connectivity index (χ2v) is 7.01. The van der Waals surface area contributed by atoms with Gasteiger partial charge in [0.25, 0.3) is 0 Å². The maximum Gasteiger partial charge on any atom is 0.335 e. The summed E-state index contributed by atoms with van der Waals surface area (Å²) in [6.45, 7) is 1.65. The minimum absolute atomic E-state index is 0.0485. The molecule has 2 aliphatic heterocycles. The van der Waals surface area contributed by atoms with Crippen LogP contribution in [0.2, 0.25) is 0 Å². The van der Waals surface area contributed by atoms with E-state index < -0.39 is 11.6 Å². The van der Waals surface area contributed by atoms with Gasteiger partial charge in [-0.3, -0.25) is 4.79 Å². The molecule has 2 heterocycles. The number of aliphatic hydroxyl groups is 1. The van der Waals surface area contributed by atoms with E-state index in [1.165, 1.54) is 0 Å². The molecule has 0 radical (unpaired) electrons. The largest absolute Gasteiger partial charge is 0.486 e. The number of piperidine rings is 1. The molecule has 0 unspecified atom stereocenters. The van der Waals surface area contributed by atoms with Crippen LogP contribution >= 0.6 is 0 Å². The zero-order valence-corrected chi connectivity index (χ0v) is 13.8. The summed E-state index contributed by atoms with van der Waals surface area (Å²) in [6, 6.07) is 5.81. The maximum atomic E-state index is 12.7. The average Bonchev–Trinajstić information content (AvgIpc) is 3.42. The van der Waals surface area contributed by atoms with E-state index in [1.807, 2.05) is 18.2 Å². The van der Waals surface area contributed by atoms with Gasteiger partial charge in [-0.25, -0.2) is 4.79 Å². The number of amides is 1. The number of ether oxygens (including phenoxy) is 2. The molecule has 0 spiro atoms. The number of fused-ring (bicyclic) bond motifs is 1. The van der Waals surface area contributed by atoms with Crippen molar-refractivity contribution >= 4 is 11.9 Å². The van der Waals surface area contributed by atoms with Crippen molar-refractivity contribution in [3.8, 4) is 11.5 Å². The van der Waals surface area contributed by atoms with Crippen molar-refractivity contribution in [1.82, 2.24) is 4.90 Å². The molecule has 7 heteroatoms. The second-order valence-electron chi connectivity index (χ2n) is 7.01. The molecule has 1 aliphatic carbocycles. The van der Waals surface area contributed by atoms with E-state index in [2.05, 4.69) is 0 Å². The molecule has 2 atom stereocenters. The molecule has 4 rings (SSSR count). The Bertz CT molecular complexity index is 710. The first-order valence-corrected chi connectivity index (χ1v) is 8.62. The molecule has 7 nitrogen and oxygen atoms in total. The summed E-state index contributed by atoms with van der Waals surface area (Å²) in [5.41, 5.74) is -0.628. The van der Waals surface area contributed by atoms with Gasteiger partial charge in [-0.2, -0.15) is 0 Å². The molecule has 0 aromatic heterocycles. The van der Waals surface area contributed by atoms with Crippen LogP contribution in [-0.2, 0) is 9.59 Å². The number of rotatable bonds is 3. The van der Waals surface area contributed by atoms with Crippen LogP contribution in [0.5, 0.6) is 11.5 Å². The third kappa shape index (κ3) is 2.93. The number of likely N-dealkylation sites (tertiary alicyclic amines) is 1. The van der Waals surface area contributed by atoms with Crippen LogP contribution in [0.25, 0.3) is 0 Å². The Hall–Kier alpha value is -2.28. The molecular formula is C18H21NO6. The molecule has 2 N–H and O–H groups in total. The molecule has 1 saturated carbocycles. The van der Waals surface area contributed by atoms with E-state index in [0.717, 1.165) is 23.5 Å². The highest BCUT2D eigenvalue weighted by Crippen LogP contribution is 2.50. The van der Waals surface area contributed by atoms with Gasteiger partial charge < -0.3 is 24.6 Å². The van der Waals surface area contributed by atoms with Crippen LogP contribution in [0.3, 0.4) is 0 Å². The van der Waals surface area contributed by atoms with E-state index in [4.69, 9.17) is 14.6 Å². The van der Waals surface area contributed by atoms with Gasteiger partial charge in [0.15, 0.2) is 17.1 Å². The lowest BCUT2D eigenvalue weighted by molar-refractivity contribution is -0.165. The van der Waals surface area contributed by atoms with Crippen molar-refractivity contribution in [1.29, 1.82) is 0 Å². The van der Waals surface area contributed by atoms with Crippen molar-refractivity contribution in [2.75, 3.05) is 26.3 Å². The van der Waals surface area contributed by atoms with Gasteiger partial charge in [0.2, 0.25) is 5.91 Å². The number of benzene rings is 1. The first-order chi connectivity index (χ1) is 12.0. The minimum Gasteiger partial charge on any atom is -0.486 e. The first kappa shape index (κ1) is 16.2. The summed E-state index contributed by atoms with van der Waals surface area (Å²) in [4.78, 5) is 25.4. The molecule has 2 fully saturated rings. The monoisotopic (exact) mass is 347 g/mol. The number of hydrogen-bond acceptors (Lipinski definition) is 5. The summed E-state index contributed by atoms with van der Waals surface area (Å²) in [5.74, 6) is 0.406. The van der Waals surface area contributed by atoms with Crippen molar-refractivity contribution in [3.05, 3.63) is 23.8 Å². The van der Waals surface area contributed by atoms with E-state index in [1.54, 1.807) is 4.90 Å². The van der Waals surface area contributed by atoms with E-state index in [-0.39, 0.29) is 43.7 Å². The van der Waals surface area contributed by atoms with Gasteiger partial charge in [-0.05, 0) is 30.0 Å². The van der Waals surface area contributed by atoms with Crippen LogP contribution in [0.15, 0.2) is 18.2 Å². The molecule has 25 heavy (non-hydrogen) atoms. The van der Waals surface area contributed by atoms with E-state index in [0.29, 0.717) is 13.2 Å². The third-order valence-electron chi connectivity index (χ3n) is 5.40. The fourth-order valence-electron chi connectivity index (χ4n) is 3.67. The molecule has 1 aromatic rings. The predicted octanol–water partition coefficient (Wildman–Crippen LogP) is 0.999. The van der Waals surface area contributed by atoms with Gasteiger partial charge in [0.05, 0.1) is 0 Å². The number of carbonyl (C=O) groups excluding carboxylic acids is 1. The molecule has 0 bridgehead atoms. The molecular weight excluding hydrogens is 326 g/mol. The SMILES string of the molecule is O=C([C@H]1C[C@@H]1c1ccc2c(c1)OCCO2)N1CCC(O)(C(=O)O)CC1. The summed E-state index contributed by atoms with van der Waals surface area (Å²) in [7, 11) is 0. The summed E-state index contributed by atoms with van der Waals surface area (Å²) in [5, 5.41) is 19.0. The lowest BCUT2D eigenvalue weighted by Crippen LogP contribution is -2.51. The Morgan fingerprint density at radius 3 is 2.48 bits per heavy atom. The maximum absolute atomic E-state index is 12.7. The van der Waals surface area contributed by atoms with Crippen LogP contribution < -0.4 is 9.47 Å².